The topological polar surface area (TPSA) is 97.4 Å². The summed E-state index contributed by atoms with van der Waals surface area (Å²) in [7, 11) is 0. The molecule has 7 heteroatoms. The molecule has 2 rings (SSSR count). The molecule has 2 aromatic rings. The smallest absolute Gasteiger partial charge is 0.308 e. The molecule has 124 valence electrons. The quantitative estimate of drug-likeness (QED) is 0.471. The van der Waals surface area contributed by atoms with Crippen molar-refractivity contribution in [1.29, 1.82) is 0 Å². The van der Waals surface area contributed by atoms with Crippen LogP contribution in [0.4, 0.5) is 0 Å². The van der Waals surface area contributed by atoms with E-state index in [0.29, 0.717) is 17.0 Å². The molecular formula is C17H17N3O4. The lowest BCUT2D eigenvalue weighted by Crippen LogP contribution is -2.35. The van der Waals surface area contributed by atoms with E-state index >= 15 is 0 Å². The number of nitrogens with zero attached hydrogens (tertiary/aromatic N) is 1. The minimum Gasteiger partial charge on any atom is -0.427 e. The monoisotopic (exact) mass is 327 g/mol. The molecular weight excluding hydrogens is 310 g/mol. The summed E-state index contributed by atoms with van der Waals surface area (Å²) in [6.07, 6.45) is 1.53. The maximum Gasteiger partial charge on any atom is 0.308 e. The molecule has 0 radical (unpaired) electrons. The average molecular weight is 327 g/mol. The van der Waals surface area contributed by atoms with E-state index in [1.165, 1.54) is 19.2 Å². The molecule has 0 aliphatic carbocycles. The largest absolute Gasteiger partial charge is 0.427 e. The lowest BCUT2D eigenvalue weighted by atomic mass is 10.2. The summed E-state index contributed by atoms with van der Waals surface area (Å²) in [6, 6.07) is 11.3. The molecule has 0 fully saturated rings. The molecule has 1 heterocycles. The maximum atomic E-state index is 12.0. The summed E-state index contributed by atoms with van der Waals surface area (Å²) in [4.78, 5) is 38.6. The number of amides is 2. The van der Waals surface area contributed by atoms with Crippen molar-refractivity contribution >= 4 is 17.8 Å². The molecule has 24 heavy (non-hydrogen) atoms. The van der Waals surface area contributed by atoms with Crippen LogP contribution in [0.15, 0.2) is 48.7 Å². The predicted octanol–water partition coefficient (Wildman–Crippen LogP) is 1.17. The summed E-state index contributed by atoms with van der Waals surface area (Å²) in [6.45, 7) is 1.82. The van der Waals surface area contributed by atoms with Crippen LogP contribution in [0, 0.1) is 0 Å². The first-order valence-electron chi connectivity index (χ1n) is 7.32. The van der Waals surface area contributed by atoms with Crippen LogP contribution in [-0.4, -0.2) is 35.9 Å². The Labute approximate surface area is 139 Å². The minimum atomic E-state index is -0.454. The molecule has 0 aliphatic rings. The number of hydrogen-bond acceptors (Lipinski definition) is 5. The van der Waals surface area contributed by atoms with Gasteiger partial charge < -0.3 is 15.4 Å². The third kappa shape index (κ3) is 5.20. The van der Waals surface area contributed by atoms with Crippen LogP contribution in [0.25, 0.3) is 0 Å². The Bertz CT molecular complexity index is 732. The Morgan fingerprint density at radius 1 is 1.00 bits per heavy atom. The van der Waals surface area contributed by atoms with Crippen LogP contribution in [0.3, 0.4) is 0 Å². The number of aromatic nitrogens is 1. The number of pyridine rings is 1. The summed E-state index contributed by atoms with van der Waals surface area (Å²) < 4.78 is 4.93. The molecule has 0 saturated carbocycles. The molecule has 7 nitrogen and oxygen atoms in total. The average Bonchev–Trinajstić information content (AvgIpc) is 2.58. The Morgan fingerprint density at radius 3 is 2.42 bits per heavy atom. The van der Waals surface area contributed by atoms with Crippen molar-refractivity contribution in [2.75, 3.05) is 13.1 Å². The molecule has 0 atom stereocenters. The maximum absolute atomic E-state index is 12.0. The van der Waals surface area contributed by atoms with E-state index in [9.17, 15) is 14.4 Å². The summed E-state index contributed by atoms with van der Waals surface area (Å²) >= 11 is 0. The van der Waals surface area contributed by atoms with Crippen LogP contribution in [-0.2, 0) is 4.79 Å². The van der Waals surface area contributed by atoms with Gasteiger partial charge in [-0.05, 0) is 30.3 Å². The Kier molecular flexibility index (Phi) is 6.01. The lowest BCUT2D eigenvalue weighted by molar-refractivity contribution is -0.131. The van der Waals surface area contributed by atoms with Gasteiger partial charge in [0.15, 0.2) is 0 Å². The molecule has 0 bridgehead atoms. The van der Waals surface area contributed by atoms with Gasteiger partial charge in [0.25, 0.3) is 11.8 Å². The number of carbonyl (C=O) groups excluding carboxylic acids is 3. The van der Waals surface area contributed by atoms with E-state index in [1.54, 1.807) is 36.4 Å². The Hall–Kier alpha value is -3.22. The van der Waals surface area contributed by atoms with Gasteiger partial charge in [-0.2, -0.15) is 0 Å². The fourth-order valence-electron chi connectivity index (χ4n) is 1.91. The zero-order valence-corrected chi connectivity index (χ0v) is 13.1. The first kappa shape index (κ1) is 17.1. The van der Waals surface area contributed by atoms with E-state index in [1.807, 2.05) is 0 Å². The normalized spacial score (nSPS) is 9.88. The lowest BCUT2D eigenvalue weighted by Gasteiger charge is -2.08. The molecule has 2 N–H and O–H groups in total. The van der Waals surface area contributed by atoms with Gasteiger partial charge in [0.05, 0.1) is 0 Å². The summed E-state index contributed by atoms with van der Waals surface area (Å²) in [5.41, 5.74) is 0.683. The summed E-state index contributed by atoms with van der Waals surface area (Å²) in [5, 5.41) is 5.33. The second-order valence-corrected chi connectivity index (χ2v) is 4.85. The van der Waals surface area contributed by atoms with E-state index in [-0.39, 0.29) is 24.9 Å². The van der Waals surface area contributed by atoms with E-state index in [0.717, 1.165) is 0 Å². The van der Waals surface area contributed by atoms with Gasteiger partial charge in [-0.25, -0.2) is 0 Å². The second kappa shape index (κ2) is 8.42. The number of ether oxygens (including phenoxy) is 1. The Morgan fingerprint density at radius 2 is 1.75 bits per heavy atom. The van der Waals surface area contributed by atoms with Crippen LogP contribution < -0.4 is 15.4 Å². The number of esters is 1. The fraction of sp³-hybridized carbons (Fsp3) is 0.176. The van der Waals surface area contributed by atoms with Crippen LogP contribution in [0.1, 0.15) is 27.8 Å². The van der Waals surface area contributed by atoms with Gasteiger partial charge in [0, 0.05) is 31.8 Å². The third-order valence-electron chi connectivity index (χ3n) is 2.95. The van der Waals surface area contributed by atoms with Crippen molar-refractivity contribution < 1.29 is 19.1 Å². The van der Waals surface area contributed by atoms with Gasteiger partial charge in [-0.3, -0.25) is 19.4 Å². The highest BCUT2D eigenvalue weighted by atomic mass is 16.5. The van der Waals surface area contributed by atoms with Gasteiger partial charge in [0.2, 0.25) is 0 Å². The first-order valence-corrected chi connectivity index (χ1v) is 7.32. The standard InChI is InChI=1S/C17H17N3O4/c1-12(21)24-14-6-4-5-13(11-14)16(22)19-9-10-20-17(23)15-7-2-3-8-18-15/h2-8,11H,9-10H2,1H3,(H,19,22)(H,20,23). The highest BCUT2D eigenvalue weighted by Gasteiger charge is 2.08. The van der Waals surface area contributed by atoms with Gasteiger partial charge in [-0.1, -0.05) is 12.1 Å². The SMILES string of the molecule is CC(=O)Oc1cccc(C(=O)NCCNC(=O)c2ccccn2)c1. The number of hydrogen-bond donors (Lipinski definition) is 2. The minimum absolute atomic E-state index is 0.259. The van der Waals surface area contributed by atoms with Crippen LogP contribution >= 0.6 is 0 Å². The fourth-order valence-corrected chi connectivity index (χ4v) is 1.91. The highest BCUT2D eigenvalue weighted by molar-refractivity contribution is 5.95. The predicted molar refractivity (Wildman–Crippen MR) is 86.7 cm³/mol. The second-order valence-electron chi connectivity index (χ2n) is 4.85. The third-order valence-corrected chi connectivity index (χ3v) is 2.95. The molecule has 1 aromatic heterocycles. The van der Waals surface area contributed by atoms with E-state index in [2.05, 4.69) is 15.6 Å². The molecule has 1 aromatic carbocycles. The van der Waals surface area contributed by atoms with Crippen molar-refractivity contribution in [2.24, 2.45) is 0 Å². The first-order chi connectivity index (χ1) is 11.6. The van der Waals surface area contributed by atoms with Crippen molar-refractivity contribution in [3.05, 3.63) is 59.9 Å². The van der Waals surface area contributed by atoms with Crippen molar-refractivity contribution in [1.82, 2.24) is 15.6 Å². The zero-order chi connectivity index (χ0) is 17.4. The van der Waals surface area contributed by atoms with Crippen LogP contribution in [0.2, 0.25) is 0 Å². The number of nitrogens with one attached hydrogen (secondary N) is 2. The number of carbonyl (C=O) groups is 3. The summed E-state index contributed by atoms with van der Waals surface area (Å²) in [5.74, 6) is -0.777. The zero-order valence-electron chi connectivity index (χ0n) is 13.1. The number of benzene rings is 1. The molecule has 0 aliphatic heterocycles. The Balaban J connectivity index is 1.79. The van der Waals surface area contributed by atoms with Crippen molar-refractivity contribution in [2.45, 2.75) is 6.92 Å². The van der Waals surface area contributed by atoms with Crippen molar-refractivity contribution in [3.8, 4) is 5.75 Å². The van der Waals surface area contributed by atoms with Gasteiger partial charge in [0.1, 0.15) is 11.4 Å². The molecule has 0 unspecified atom stereocenters. The van der Waals surface area contributed by atoms with Gasteiger partial charge >= 0.3 is 5.97 Å². The van der Waals surface area contributed by atoms with Gasteiger partial charge in [-0.15, -0.1) is 0 Å². The highest BCUT2D eigenvalue weighted by Crippen LogP contribution is 2.13. The van der Waals surface area contributed by atoms with E-state index < -0.39 is 5.97 Å². The number of rotatable bonds is 6. The molecule has 2 amide bonds. The molecule has 0 saturated heterocycles. The van der Waals surface area contributed by atoms with E-state index in [4.69, 9.17) is 4.74 Å². The van der Waals surface area contributed by atoms with Crippen molar-refractivity contribution in [3.63, 3.8) is 0 Å². The van der Waals surface area contributed by atoms with Crippen LogP contribution in [0.5, 0.6) is 5.75 Å². The molecule has 0 spiro atoms.